The summed E-state index contributed by atoms with van der Waals surface area (Å²) >= 11 is 0. The number of nitrogens with one attached hydrogen (secondary N) is 2. The fourth-order valence-corrected chi connectivity index (χ4v) is 4.49. The summed E-state index contributed by atoms with van der Waals surface area (Å²) in [4.78, 5) is 25.3. The highest BCUT2D eigenvalue weighted by Gasteiger charge is 2.33. The second kappa shape index (κ2) is 9.80. The van der Waals surface area contributed by atoms with Gasteiger partial charge in [-0.25, -0.2) is 8.42 Å². The van der Waals surface area contributed by atoms with Crippen LogP contribution in [0.2, 0.25) is 0 Å². The lowest BCUT2D eigenvalue weighted by Crippen LogP contribution is -2.42. The average molecular weight is 475 g/mol. The van der Waals surface area contributed by atoms with E-state index in [2.05, 4.69) is 10.0 Å². The second-order valence-corrected chi connectivity index (χ2v) is 9.73. The van der Waals surface area contributed by atoms with Crippen molar-refractivity contribution in [3.8, 4) is 11.5 Å². The Kier molecular flexibility index (Phi) is 6.85. The van der Waals surface area contributed by atoms with Crippen LogP contribution >= 0.6 is 0 Å². The Morgan fingerprint density at radius 3 is 2.42 bits per heavy atom. The largest absolute Gasteiger partial charge is 0.490 e. The van der Waals surface area contributed by atoms with E-state index in [0.29, 0.717) is 36.7 Å². The molecule has 0 spiro atoms. The maximum Gasteiger partial charge on any atom is 0.325 e. The summed E-state index contributed by atoms with van der Waals surface area (Å²) in [6.45, 7) is 2.26. The molecular weight excluding hydrogens is 448 g/mol. The molecule has 2 aromatic carbocycles. The smallest absolute Gasteiger partial charge is 0.325 e. The zero-order valence-electron chi connectivity index (χ0n) is 18.2. The molecule has 0 saturated heterocycles. The van der Waals surface area contributed by atoms with Gasteiger partial charge in [0.1, 0.15) is 6.04 Å². The number of amides is 1. The lowest BCUT2D eigenvalue weighted by atomic mass is 10.1. The highest BCUT2D eigenvalue weighted by atomic mass is 32.2. The molecule has 4 rings (SSSR count). The topological polar surface area (TPSA) is 120 Å². The van der Waals surface area contributed by atoms with E-state index in [9.17, 15) is 18.0 Å². The van der Waals surface area contributed by atoms with Gasteiger partial charge in [-0.1, -0.05) is 30.3 Å². The van der Waals surface area contributed by atoms with Crippen molar-refractivity contribution in [2.24, 2.45) is 0 Å². The maximum atomic E-state index is 12.9. The molecule has 0 unspecified atom stereocenters. The number of benzene rings is 2. The molecule has 0 bridgehead atoms. The molecule has 2 atom stereocenters. The van der Waals surface area contributed by atoms with E-state index in [0.717, 1.165) is 12.8 Å². The number of fused-ring (bicyclic) bond motifs is 1. The number of sulfonamides is 1. The molecule has 2 aliphatic rings. The van der Waals surface area contributed by atoms with E-state index in [1.807, 2.05) is 0 Å². The number of rotatable bonds is 8. The zero-order chi connectivity index (χ0) is 23.4. The third-order valence-corrected chi connectivity index (χ3v) is 6.75. The van der Waals surface area contributed by atoms with Crippen LogP contribution in [-0.2, 0) is 24.3 Å². The summed E-state index contributed by atoms with van der Waals surface area (Å²) < 4.78 is 44.6. The Balaban J connectivity index is 1.46. The van der Waals surface area contributed by atoms with E-state index in [1.54, 1.807) is 30.3 Å². The lowest BCUT2D eigenvalue weighted by molar-refractivity contribution is -0.157. The summed E-state index contributed by atoms with van der Waals surface area (Å²) in [6, 6.07) is 11.7. The number of hydrogen-bond donors (Lipinski definition) is 2. The lowest BCUT2D eigenvalue weighted by Gasteiger charge is -2.21. The van der Waals surface area contributed by atoms with Crippen LogP contribution in [0.4, 0.5) is 0 Å². The molecule has 176 valence electrons. The molecule has 10 heteroatoms. The van der Waals surface area contributed by atoms with Gasteiger partial charge in [-0.2, -0.15) is 4.72 Å². The number of esters is 1. The summed E-state index contributed by atoms with van der Waals surface area (Å²) in [5, 5.41) is 2.82. The van der Waals surface area contributed by atoms with Crippen molar-refractivity contribution < 1.29 is 32.2 Å². The second-order valence-electron chi connectivity index (χ2n) is 8.01. The average Bonchev–Trinajstić information content (AvgIpc) is 3.63. The van der Waals surface area contributed by atoms with Gasteiger partial charge >= 0.3 is 5.97 Å². The number of carbonyl (C=O) groups is 2. The minimum absolute atomic E-state index is 0.0718. The molecule has 1 heterocycles. The minimum Gasteiger partial charge on any atom is -0.490 e. The monoisotopic (exact) mass is 474 g/mol. The summed E-state index contributed by atoms with van der Waals surface area (Å²) in [5.41, 5.74) is 0.502. The Morgan fingerprint density at radius 1 is 1.03 bits per heavy atom. The maximum absolute atomic E-state index is 12.9. The molecule has 1 aliphatic heterocycles. The van der Waals surface area contributed by atoms with E-state index in [4.69, 9.17) is 14.2 Å². The standard InChI is InChI=1S/C23H26N2O7S/c1-15(25-33(28,29)18-10-11-19-20(14-18)31-13-5-12-30-19)23(27)32-21(16-6-3-2-4-7-16)22(26)24-17-8-9-17/h2-4,6-7,10-11,14-15,17,21,25H,5,8-9,12-13H2,1H3,(H,24,26)/t15-,21-/m0/s1. The highest BCUT2D eigenvalue weighted by molar-refractivity contribution is 7.89. The number of carbonyl (C=O) groups excluding carboxylic acids is 2. The van der Waals surface area contributed by atoms with Gasteiger partial charge in [0.15, 0.2) is 11.5 Å². The van der Waals surface area contributed by atoms with Gasteiger partial charge in [-0.15, -0.1) is 0 Å². The third-order valence-electron chi connectivity index (χ3n) is 5.21. The van der Waals surface area contributed by atoms with Crippen LogP contribution < -0.4 is 19.5 Å². The van der Waals surface area contributed by atoms with Crippen molar-refractivity contribution in [1.29, 1.82) is 0 Å². The Bertz CT molecular complexity index is 1120. The minimum atomic E-state index is -4.07. The van der Waals surface area contributed by atoms with Crippen LogP contribution in [0.15, 0.2) is 53.4 Å². The molecule has 1 fully saturated rings. The Labute approximate surface area is 192 Å². The summed E-state index contributed by atoms with van der Waals surface area (Å²) in [5.74, 6) is -0.513. The third kappa shape index (κ3) is 5.82. The van der Waals surface area contributed by atoms with Gasteiger partial charge < -0.3 is 19.5 Å². The van der Waals surface area contributed by atoms with Gasteiger partial charge in [-0.3, -0.25) is 9.59 Å². The Hall–Kier alpha value is -3.11. The van der Waals surface area contributed by atoms with Crippen LogP contribution in [0.5, 0.6) is 11.5 Å². The van der Waals surface area contributed by atoms with E-state index < -0.39 is 34.0 Å². The molecule has 1 amide bonds. The number of hydrogen-bond acceptors (Lipinski definition) is 7. The molecule has 1 saturated carbocycles. The molecule has 0 radical (unpaired) electrons. The van der Waals surface area contributed by atoms with Crippen LogP contribution in [0.1, 0.15) is 37.9 Å². The molecule has 33 heavy (non-hydrogen) atoms. The van der Waals surface area contributed by atoms with Gasteiger partial charge in [-0.05, 0) is 31.9 Å². The number of ether oxygens (including phenoxy) is 3. The van der Waals surface area contributed by atoms with Crippen molar-refractivity contribution >= 4 is 21.9 Å². The zero-order valence-corrected chi connectivity index (χ0v) is 19.0. The van der Waals surface area contributed by atoms with Crippen molar-refractivity contribution in [3.05, 3.63) is 54.1 Å². The fourth-order valence-electron chi connectivity index (χ4n) is 3.28. The van der Waals surface area contributed by atoms with Crippen LogP contribution in [-0.4, -0.2) is 45.6 Å². The first-order valence-electron chi connectivity index (χ1n) is 10.8. The molecule has 9 nitrogen and oxygen atoms in total. The van der Waals surface area contributed by atoms with Crippen molar-refractivity contribution in [1.82, 2.24) is 10.0 Å². The van der Waals surface area contributed by atoms with E-state index in [1.165, 1.54) is 25.1 Å². The normalized spacial score (nSPS) is 17.4. The van der Waals surface area contributed by atoms with Gasteiger partial charge in [0, 0.05) is 24.1 Å². The highest BCUT2D eigenvalue weighted by Crippen LogP contribution is 2.32. The first-order valence-corrected chi connectivity index (χ1v) is 12.3. The summed E-state index contributed by atoms with van der Waals surface area (Å²) in [7, 11) is -4.07. The Morgan fingerprint density at radius 2 is 1.73 bits per heavy atom. The van der Waals surface area contributed by atoms with Crippen LogP contribution in [0.25, 0.3) is 0 Å². The van der Waals surface area contributed by atoms with Crippen molar-refractivity contribution in [2.75, 3.05) is 13.2 Å². The quantitative estimate of drug-likeness (QED) is 0.562. The van der Waals surface area contributed by atoms with Gasteiger partial charge in [0.25, 0.3) is 5.91 Å². The molecule has 2 aromatic rings. The summed E-state index contributed by atoms with van der Waals surface area (Å²) in [6.07, 6.45) is 1.28. The van der Waals surface area contributed by atoms with Crippen molar-refractivity contribution in [3.63, 3.8) is 0 Å². The van der Waals surface area contributed by atoms with Gasteiger partial charge in [0.05, 0.1) is 18.1 Å². The SMILES string of the molecule is C[C@H](NS(=O)(=O)c1ccc2c(c1)OCCCO2)C(=O)O[C@H](C(=O)NC1CC1)c1ccccc1. The molecule has 1 aliphatic carbocycles. The molecule has 0 aromatic heterocycles. The van der Waals surface area contributed by atoms with Crippen LogP contribution in [0.3, 0.4) is 0 Å². The first-order chi connectivity index (χ1) is 15.8. The molecule has 2 N–H and O–H groups in total. The molecular formula is C23H26N2O7S. The van der Waals surface area contributed by atoms with Crippen molar-refractivity contribution in [2.45, 2.75) is 49.3 Å². The van der Waals surface area contributed by atoms with E-state index in [-0.39, 0.29) is 10.9 Å². The fraction of sp³-hybridized carbons (Fsp3) is 0.391. The predicted molar refractivity (Wildman–Crippen MR) is 118 cm³/mol. The van der Waals surface area contributed by atoms with E-state index >= 15 is 0 Å². The predicted octanol–water partition coefficient (Wildman–Crippen LogP) is 2.08. The first kappa shape index (κ1) is 23.1. The van der Waals surface area contributed by atoms with Gasteiger partial charge in [0.2, 0.25) is 16.1 Å². The van der Waals surface area contributed by atoms with Crippen LogP contribution in [0, 0.1) is 0 Å².